The van der Waals surface area contributed by atoms with E-state index in [0.717, 1.165) is 15.7 Å². The van der Waals surface area contributed by atoms with Gasteiger partial charge in [0.2, 0.25) is 5.96 Å². The van der Waals surface area contributed by atoms with Gasteiger partial charge in [0, 0.05) is 18.3 Å². The Morgan fingerprint density at radius 1 is 1.38 bits per heavy atom. The molecule has 82 valence electrons. The van der Waals surface area contributed by atoms with Crippen molar-refractivity contribution in [2.24, 2.45) is 4.99 Å². The van der Waals surface area contributed by atoms with Crippen molar-refractivity contribution < 1.29 is 4.79 Å². The zero-order chi connectivity index (χ0) is 11.3. The van der Waals surface area contributed by atoms with Crippen molar-refractivity contribution in [3.8, 4) is 0 Å². The maximum Gasteiger partial charge on any atom is 0.282 e. The highest BCUT2D eigenvalue weighted by Crippen LogP contribution is 2.33. The molecule has 4 nitrogen and oxygen atoms in total. The van der Waals surface area contributed by atoms with E-state index in [2.05, 4.69) is 4.99 Å². The number of hydrogen-bond acceptors (Lipinski definition) is 3. The van der Waals surface area contributed by atoms with E-state index in [1.807, 2.05) is 24.3 Å². The summed E-state index contributed by atoms with van der Waals surface area (Å²) in [5, 5.41) is 0. The molecular weight excluding hydrogens is 249 g/mol. The van der Waals surface area contributed by atoms with Gasteiger partial charge in [-0.05, 0) is 11.6 Å². The minimum absolute atomic E-state index is 0.352. The molecule has 2 heterocycles. The number of halogens is 2. The van der Waals surface area contributed by atoms with Gasteiger partial charge in [-0.2, -0.15) is 4.42 Å². The predicted octanol–water partition coefficient (Wildman–Crippen LogP) is 2.05. The van der Waals surface area contributed by atoms with E-state index in [-0.39, 0.29) is 5.91 Å². The molecule has 1 unspecified atom stereocenters. The lowest BCUT2D eigenvalue weighted by molar-refractivity contribution is -0.123. The highest BCUT2D eigenvalue weighted by molar-refractivity contribution is 6.42. The van der Waals surface area contributed by atoms with Crippen LogP contribution in [0, 0.1) is 0 Å². The summed E-state index contributed by atoms with van der Waals surface area (Å²) in [5.41, 5.74) is 1.11. The molecule has 16 heavy (non-hydrogen) atoms. The van der Waals surface area contributed by atoms with Gasteiger partial charge in [0.25, 0.3) is 5.91 Å². The fourth-order valence-electron chi connectivity index (χ4n) is 1.84. The maximum atomic E-state index is 11.6. The van der Waals surface area contributed by atoms with Gasteiger partial charge in [-0.3, -0.25) is 4.79 Å². The van der Waals surface area contributed by atoms with E-state index >= 15 is 0 Å². The van der Waals surface area contributed by atoms with Crippen molar-refractivity contribution in [1.82, 2.24) is 9.32 Å². The van der Waals surface area contributed by atoms with Gasteiger partial charge in [-0.1, -0.05) is 29.8 Å². The first-order valence-electron chi connectivity index (χ1n) is 4.75. The van der Waals surface area contributed by atoms with Crippen molar-refractivity contribution in [2.45, 2.75) is 12.0 Å². The topological polar surface area (TPSA) is 35.9 Å². The van der Waals surface area contributed by atoms with Crippen molar-refractivity contribution in [2.75, 3.05) is 0 Å². The van der Waals surface area contributed by atoms with E-state index in [1.54, 1.807) is 4.90 Å². The molecule has 3 rings (SSSR count). The van der Waals surface area contributed by atoms with E-state index in [4.69, 9.17) is 23.4 Å². The molecule has 1 atom stereocenters. The summed E-state index contributed by atoms with van der Waals surface area (Å²) < 4.78 is 0.980. The predicted molar refractivity (Wildman–Crippen MR) is 61.4 cm³/mol. The number of hydrogen-bond donors (Lipinski definition) is 0. The number of benzene rings is 1. The Bertz CT molecular complexity index is 503. The first kappa shape index (κ1) is 9.93. The van der Waals surface area contributed by atoms with Crippen molar-refractivity contribution in [3.05, 3.63) is 29.8 Å². The van der Waals surface area contributed by atoms with Gasteiger partial charge in [0.1, 0.15) is 0 Å². The second-order valence-corrected chi connectivity index (χ2v) is 4.37. The second kappa shape index (κ2) is 3.37. The lowest BCUT2D eigenvalue weighted by atomic mass is 10.1. The first-order valence-corrected chi connectivity index (χ1v) is 5.53. The number of carbonyl (C=O) groups is 1. The number of para-hydroxylation sites is 1. The van der Waals surface area contributed by atoms with Gasteiger partial charge in [0.15, 0.2) is 5.50 Å². The van der Waals surface area contributed by atoms with E-state index in [0.29, 0.717) is 12.5 Å². The zero-order valence-electron chi connectivity index (χ0n) is 8.10. The van der Waals surface area contributed by atoms with Gasteiger partial charge in [0.05, 0.1) is 5.69 Å². The van der Waals surface area contributed by atoms with Gasteiger partial charge >= 0.3 is 0 Å². The van der Waals surface area contributed by atoms with Crippen LogP contribution in [-0.2, 0) is 11.3 Å². The number of rotatable bonds is 0. The lowest BCUT2D eigenvalue weighted by Gasteiger charge is -2.25. The minimum atomic E-state index is -0.760. The molecule has 2 aliphatic rings. The third kappa shape index (κ3) is 1.23. The van der Waals surface area contributed by atoms with Crippen molar-refractivity contribution in [3.63, 3.8) is 0 Å². The van der Waals surface area contributed by atoms with Crippen LogP contribution in [0.25, 0.3) is 0 Å². The van der Waals surface area contributed by atoms with Crippen LogP contribution >= 0.6 is 23.4 Å². The minimum Gasteiger partial charge on any atom is -0.312 e. The number of nitrogens with zero attached hydrogens (tertiary/aromatic N) is 3. The van der Waals surface area contributed by atoms with Gasteiger partial charge < -0.3 is 4.90 Å². The second-order valence-electron chi connectivity index (χ2n) is 3.62. The number of amides is 1. The summed E-state index contributed by atoms with van der Waals surface area (Å²) in [6.45, 7) is 0.554. The molecule has 0 radical (unpaired) electrons. The third-order valence-electron chi connectivity index (χ3n) is 2.66. The summed E-state index contributed by atoms with van der Waals surface area (Å²) in [7, 11) is 0. The van der Waals surface area contributed by atoms with Crippen molar-refractivity contribution in [1.29, 1.82) is 0 Å². The fraction of sp³-hybridized carbons (Fsp3) is 0.200. The average molecular weight is 256 g/mol. The van der Waals surface area contributed by atoms with Crippen molar-refractivity contribution >= 4 is 40.9 Å². The summed E-state index contributed by atoms with van der Waals surface area (Å²) in [6.07, 6.45) is 0. The Labute approximate surface area is 102 Å². The Kier molecular flexibility index (Phi) is 2.09. The molecule has 1 fully saturated rings. The summed E-state index contributed by atoms with van der Waals surface area (Å²) in [6, 6.07) is 7.67. The molecule has 2 aliphatic heterocycles. The van der Waals surface area contributed by atoms with Gasteiger partial charge in [-0.15, -0.1) is 0 Å². The highest BCUT2D eigenvalue weighted by atomic mass is 35.5. The highest BCUT2D eigenvalue weighted by Gasteiger charge is 2.43. The van der Waals surface area contributed by atoms with Crippen LogP contribution in [0.2, 0.25) is 0 Å². The summed E-state index contributed by atoms with van der Waals surface area (Å²) in [4.78, 5) is 17.6. The monoisotopic (exact) mass is 255 g/mol. The Hall–Kier alpha value is -1.26. The molecule has 0 aliphatic carbocycles. The SMILES string of the molecule is O=C1C(Cl)N2Cc3ccccc3N=C2N1Cl. The summed E-state index contributed by atoms with van der Waals surface area (Å²) in [5.74, 6) is 0.0558. The molecule has 0 N–H and O–H groups in total. The van der Waals surface area contributed by atoms with Crippen LogP contribution < -0.4 is 0 Å². The molecule has 0 saturated carbocycles. The Morgan fingerprint density at radius 2 is 2.12 bits per heavy atom. The molecule has 1 saturated heterocycles. The zero-order valence-corrected chi connectivity index (χ0v) is 9.61. The van der Waals surface area contributed by atoms with Crippen LogP contribution in [-0.4, -0.2) is 26.7 Å². The standard InChI is InChI=1S/C10H7Cl2N3O/c11-8-9(16)15(12)10-13-7-4-2-1-3-6(7)5-14(8)10/h1-4,8H,5H2. The van der Waals surface area contributed by atoms with Crippen LogP contribution in [0.15, 0.2) is 29.3 Å². The number of fused-ring (bicyclic) bond motifs is 2. The molecule has 1 aromatic rings. The maximum absolute atomic E-state index is 11.6. The summed E-state index contributed by atoms with van der Waals surface area (Å²) >= 11 is 11.8. The largest absolute Gasteiger partial charge is 0.312 e. The average Bonchev–Trinajstić information content (AvgIpc) is 2.52. The van der Waals surface area contributed by atoms with E-state index in [9.17, 15) is 4.79 Å². The smallest absolute Gasteiger partial charge is 0.282 e. The van der Waals surface area contributed by atoms with E-state index < -0.39 is 5.50 Å². The van der Waals surface area contributed by atoms with Crippen LogP contribution in [0.1, 0.15) is 5.56 Å². The molecular formula is C10H7Cl2N3O. The number of guanidine groups is 1. The van der Waals surface area contributed by atoms with Gasteiger partial charge in [-0.25, -0.2) is 4.99 Å². The van der Waals surface area contributed by atoms with Crippen LogP contribution in [0.5, 0.6) is 0 Å². The first-order chi connectivity index (χ1) is 7.68. The molecule has 0 aromatic heterocycles. The normalized spacial score (nSPS) is 23.0. The number of alkyl halides is 1. The van der Waals surface area contributed by atoms with Crippen LogP contribution in [0.3, 0.4) is 0 Å². The lowest BCUT2D eigenvalue weighted by Crippen LogP contribution is -2.33. The van der Waals surface area contributed by atoms with Crippen LogP contribution in [0.4, 0.5) is 5.69 Å². The number of carbonyl (C=O) groups excluding carboxylic acids is 1. The molecule has 0 spiro atoms. The number of aliphatic imine (C=N–C) groups is 1. The molecule has 1 aromatic carbocycles. The Morgan fingerprint density at radius 3 is 2.94 bits per heavy atom. The van der Waals surface area contributed by atoms with E-state index in [1.165, 1.54) is 0 Å². The molecule has 6 heteroatoms. The fourth-order valence-corrected chi connectivity index (χ4v) is 2.37. The quantitative estimate of drug-likeness (QED) is 0.404. The third-order valence-corrected chi connectivity index (χ3v) is 3.40. The molecule has 1 amide bonds. The Balaban J connectivity index is 2.11. The molecule has 0 bridgehead atoms.